The average molecular weight is 406 g/mol. The van der Waals surface area contributed by atoms with E-state index in [1.165, 1.54) is 24.3 Å². The molecule has 0 unspecified atom stereocenters. The van der Waals surface area contributed by atoms with Crippen LogP contribution in [0, 0.1) is 5.82 Å². The fraction of sp³-hybridized carbons (Fsp3) is 0.118. The van der Waals surface area contributed by atoms with Crippen LogP contribution in [0.15, 0.2) is 58.9 Å². The van der Waals surface area contributed by atoms with E-state index >= 15 is 0 Å². The molecule has 1 atom stereocenters. The van der Waals surface area contributed by atoms with E-state index < -0.39 is 27.8 Å². The van der Waals surface area contributed by atoms with E-state index in [1.54, 1.807) is 37.3 Å². The highest BCUT2D eigenvalue weighted by Gasteiger charge is 2.24. The van der Waals surface area contributed by atoms with Gasteiger partial charge in [-0.3, -0.25) is 10.1 Å². The second-order valence-corrected chi connectivity index (χ2v) is 8.45. The molecule has 0 radical (unpaired) electrons. The number of hydrogen-bond acceptors (Lipinski definition) is 6. The minimum atomic E-state index is -3.95. The van der Waals surface area contributed by atoms with Crippen molar-refractivity contribution in [2.24, 2.45) is 0 Å². The lowest BCUT2D eigenvalue weighted by Gasteiger charge is -2.12. The van der Waals surface area contributed by atoms with Crippen LogP contribution in [0.25, 0.3) is 0 Å². The first-order valence-corrected chi connectivity index (χ1v) is 10.1. The SMILES string of the molecule is C[C@@H](NS(=O)(=O)c1nnc(NC(=O)c2ccccc2)s1)c1ccc(F)cc1. The summed E-state index contributed by atoms with van der Waals surface area (Å²) < 4.78 is 40.1. The Morgan fingerprint density at radius 3 is 2.41 bits per heavy atom. The van der Waals surface area contributed by atoms with Crippen molar-refractivity contribution in [3.63, 3.8) is 0 Å². The maximum absolute atomic E-state index is 13.0. The zero-order valence-electron chi connectivity index (χ0n) is 14.1. The van der Waals surface area contributed by atoms with Gasteiger partial charge in [0.1, 0.15) is 5.82 Å². The lowest BCUT2D eigenvalue weighted by molar-refractivity contribution is 0.102. The molecule has 27 heavy (non-hydrogen) atoms. The van der Waals surface area contributed by atoms with Crippen LogP contribution in [0.1, 0.15) is 28.9 Å². The van der Waals surface area contributed by atoms with Gasteiger partial charge in [0, 0.05) is 11.6 Å². The molecule has 0 aliphatic carbocycles. The van der Waals surface area contributed by atoms with Crippen molar-refractivity contribution in [3.05, 3.63) is 71.5 Å². The normalized spacial score (nSPS) is 12.5. The first-order chi connectivity index (χ1) is 12.8. The minimum absolute atomic E-state index is 0.0682. The molecule has 0 bridgehead atoms. The smallest absolute Gasteiger partial charge is 0.270 e. The molecule has 1 amide bonds. The third-order valence-electron chi connectivity index (χ3n) is 3.59. The quantitative estimate of drug-likeness (QED) is 0.613. The van der Waals surface area contributed by atoms with Crippen LogP contribution >= 0.6 is 11.3 Å². The van der Waals surface area contributed by atoms with Crippen LogP contribution < -0.4 is 10.0 Å². The van der Waals surface area contributed by atoms with Crippen LogP contribution in [0.4, 0.5) is 9.52 Å². The molecule has 0 saturated heterocycles. The molecule has 1 aromatic heterocycles. The zero-order valence-corrected chi connectivity index (χ0v) is 15.7. The van der Waals surface area contributed by atoms with Gasteiger partial charge in [-0.25, -0.2) is 17.5 Å². The van der Waals surface area contributed by atoms with Crippen LogP contribution in [0.2, 0.25) is 0 Å². The fourth-order valence-electron chi connectivity index (χ4n) is 2.23. The van der Waals surface area contributed by atoms with E-state index in [1.807, 2.05) is 0 Å². The van der Waals surface area contributed by atoms with Gasteiger partial charge in [0.25, 0.3) is 15.9 Å². The van der Waals surface area contributed by atoms with Crippen molar-refractivity contribution >= 4 is 32.4 Å². The standard InChI is InChI=1S/C17H15FN4O3S2/c1-11(12-7-9-14(18)10-8-12)22-27(24,25)17-21-20-16(26-17)19-15(23)13-5-3-2-4-6-13/h2-11,22H,1H3,(H,19,20,23)/t11-/m1/s1. The van der Waals surface area contributed by atoms with E-state index in [0.29, 0.717) is 11.1 Å². The molecule has 3 aromatic rings. The first-order valence-electron chi connectivity index (χ1n) is 7.83. The summed E-state index contributed by atoms with van der Waals surface area (Å²) in [4.78, 5) is 12.1. The Morgan fingerprint density at radius 2 is 1.74 bits per heavy atom. The number of halogens is 1. The summed E-state index contributed by atoms with van der Waals surface area (Å²) in [6.07, 6.45) is 0. The Hall–Kier alpha value is -2.69. The topological polar surface area (TPSA) is 101 Å². The Kier molecular flexibility index (Phi) is 5.59. The molecule has 140 valence electrons. The summed E-state index contributed by atoms with van der Waals surface area (Å²) in [5, 5.41) is 9.93. The Balaban J connectivity index is 1.70. The first kappa shape index (κ1) is 19.1. The molecule has 2 aromatic carbocycles. The predicted molar refractivity (Wildman–Crippen MR) is 99.4 cm³/mol. The lowest BCUT2D eigenvalue weighted by atomic mass is 10.1. The third kappa shape index (κ3) is 4.73. The summed E-state index contributed by atoms with van der Waals surface area (Å²) in [7, 11) is -3.95. The molecule has 0 aliphatic heterocycles. The van der Waals surface area contributed by atoms with E-state index in [4.69, 9.17) is 0 Å². The van der Waals surface area contributed by atoms with E-state index in [2.05, 4.69) is 20.2 Å². The molecular formula is C17H15FN4O3S2. The van der Waals surface area contributed by atoms with Gasteiger partial charge < -0.3 is 0 Å². The summed E-state index contributed by atoms with van der Waals surface area (Å²) >= 11 is 0.738. The number of rotatable bonds is 6. The molecule has 0 saturated carbocycles. The van der Waals surface area contributed by atoms with Crippen molar-refractivity contribution in [1.82, 2.24) is 14.9 Å². The van der Waals surface area contributed by atoms with Crippen molar-refractivity contribution in [3.8, 4) is 0 Å². The van der Waals surface area contributed by atoms with Crippen LogP contribution in [-0.2, 0) is 10.0 Å². The van der Waals surface area contributed by atoms with E-state index in [0.717, 1.165) is 11.3 Å². The summed E-state index contributed by atoms with van der Waals surface area (Å²) in [6.45, 7) is 1.63. The van der Waals surface area contributed by atoms with Crippen molar-refractivity contribution in [2.75, 3.05) is 5.32 Å². The van der Waals surface area contributed by atoms with Crippen molar-refractivity contribution in [1.29, 1.82) is 0 Å². The van der Waals surface area contributed by atoms with Gasteiger partial charge in [0.15, 0.2) is 0 Å². The number of carbonyl (C=O) groups is 1. The predicted octanol–water partition coefficient (Wildman–Crippen LogP) is 2.97. The number of amides is 1. The number of anilines is 1. The highest BCUT2D eigenvalue weighted by atomic mass is 32.2. The lowest BCUT2D eigenvalue weighted by Crippen LogP contribution is -2.26. The largest absolute Gasteiger partial charge is 0.296 e. The monoisotopic (exact) mass is 406 g/mol. The number of nitrogens with zero attached hydrogens (tertiary/aromatic N) is 2. The molecule has 3 rings (SSSR count). The van der Waals surface area contributed by atoms with Gasteiger partial charge in [0.05, 0.1) is 0 Å². The summed E-state index contributed by atoms with van der Waals surface area (Å²) in [6, 6.07) is 13.4. The zero-order chi connectivity index (χ0) is 19.4. The van der Waals surface area contributed by atoms with E-state index in [-0.39, 0.29) is 9.47 Å². The molecule has 7 nitrogen and oxygen atoms in total. The summed E-state index contributed by atoms with van der Waals surface area (Å²) in [5.41, 5.74) is 1.02. The minimum Gasteiger partial charge on any atom is -0.296 e. The molecule has 0 fully saturated rings. The second-order valence-electron chi connectivity index (χ2n) is 5.59. The van der Waals surface area contributed by atoms with Crippen molar-refractivity contribution in [2.45, 2.75) is 17.3 Å². The number of aromatic nitrogens is 2. The Labute approximate surface area is 159 Å². The summed E-state index contributed by atoms with van der Waals surface area (Å²) in [5.74, 6) is -0.819. The van der Waals surface area contributed by atoms with Gasteiger partial charge >= 0.3 is 0 Å². The maximum Gasteiger partial charge on any atom is 0.270 e. The highest BCUT2D eigenvalue weighted by molar-refractivity contribution is 7.91. The molecule has 1 heterocycles. The number of sulfonamides is 1. The number of nitrogens with one attached hydrogen (secondary N) is 2. The Morgan fingerprint density at radius 1 is 1.07 bits per heavy atom. The molecule has 2 N–H and O–H groups in total. The van der Waals surface area contributed by atoms with Crippen LogP contribution in [-0.4, -0.2) is 24.5 Å². The number of carbonyl (C=O) groups excluding carboxylic acids is 1. The number of benzene rings is 2. The van der Waals surface area contributed by atoms with Gasteiger partial charge in [-0.2, -0.15) is 0 Å². The van der Waals surface area contributed by atoms with Gasteiger partial charge in [-0.1, -0.05) is 41.7 Å². The molecular weight excluding hydrogens is 391 g/mol. The average Bonchev–Trinajstić information content (AvgIpc) is 3.12. The highest BCUT2D eigenvalue weighted by Crippen LogP contribution is 2.23. The molecule has 10 heteroatoms. The second kappa shape index (κ2) is 7.91. The van der Waals surface area contributed by atoms with Crippen molar-refractivity contribution < 1.29 is 17.6 Å². The van der Waals surface area contributed by atoms with Crippen LogP contribution in [0.3, 0.4) is 0 Å². The third-order valence-corrected chi connectivity index (χ3v) is 6.34. The Bertz CT molecular complexity index is 1040. The van der Waals surface area contributed by atoms with Gasteiger partial charge in [-0.05, 0) is 36.8 Å². The molecule has 0 aliphatic rings. The number of hydrogen-bond donors (Lipinski definition) is 2. The maximum atomic E-state index is 13.0. The van der Waals surface area contributed by atoms with Gasteiger partial charge in [-0.15, -0.1) is 10.2 Å². The van der Waals surface area contributed by atoms with Crippen LogP contribution in [0.5, 0.6) is 0 Å². The molecule has 0 spiro atoms. The fourth-order valence-corrected chi connectivity index (χ4v) is 4.37. The van der Waals surface area contributed by atoms with E-state index in [9.17, 15) is 17.6 Å². The van der Waals surface area contributed by atoms with Gasteiger partial charge in [0.2, 0.25) is 9.47 Å².